The molecule has 0 bridgehead atoms. The largest absolute Gasteiger partial charge is 0.374 e. The SMILES string of the molecule is CCCCCCCCCCCCCCOC(O)(CC)N(C(=O)CCCCCCCCC)C(C)O. The Hall–Kier alpha value is -0.650. The van der Waals surface area contributed by atoms with Gasteiger partial charge >= 0.3 is 0 Å². The van der Waals surface area contributed by atoms with Gasteiger partial charge in [-0.05, 0) is 19.8 Å². The van der Waals surface area contributed by atoms with E-state index in [2.05, 4.69) is 13.8 Å². The minimum atomic E-state index is -1.73. The summed E-state index contributed by atoms with van der Waals surface area (Å²) in [5, 5.41) is 21.2. The number of nitrogens with zero attached hydrogens (tertiary/aromatic N) is 1. The van der Waals surface area contributed by atoms with Crippen molar-refractivity contribution in [2.75, 3.05) is 6.61 Å². The number of rotatable bonds is 25. The Bertz CT molecular complexity index is 457. The number of aliphatic hydroxyl groups excluding tert-OH is 1. The van der Waals surface area contributed by atoms with Crippen LogP contribution in [0.3, 0.4) is 0 Å². The second-order valence-corrected chi connectivity index (χ2v) is 10.1. The van der Waals surface area contributed by atoms with Gasteiger partial charge in [-0.3, -0.25) is 9.69 Å². The Morgan fingerprint density at radius 1 is 0.706 bits per heavy atom. The van der Waals surface area contributed by atoms with Gasteiger partial charge in [-0.15, -0.1) is 0 Å². The first-order valence-corrected chi connectivity index (χ1v) is 14.8. The van der Waals surface area contributed by atoms with Crippen molar-refractivity contribution in [1.29, 1.82) is 0 Å². The van der Waals surface area contributed by atoms with Gasteiger partial charge in [-0.1, -0.05) is 130 Å². The lowest BCUT2D eigenvalue weighted by molar-refractivity contribution is -0.309. The van der Waals surface area contributed by atoms with Crippen LogP contribution in [0.25, 0.3) is 0 Å². The second kappa shape index (κ2) is 22.8. The van der Waals surface area contributed by atoms with Crippen LogP contribution < -0.4 is 0 Å². The molecule has 5 heteroatoms. The highest BCUT2D eigenvalue weighted by Crippen LogP contribution is 2.24. The molecule has 2 N–H and O–H groups in total. The van der Waals surface area contributed by atoms with Crippen LogP contribution in [0.5, 0.6) is 0 Å². The topological polar surface area (TPSA) is 70.0 Å². The monoisotopic (exact) mass is 485 g/mol. The van der Waals surface area contributed by atoms with Crippen LogP contribution in [0.4, 0.5) is 0 Å². The maximum absolute atomic E-state index is 12.8. The molecule has 34 heavy (non-hydrogen) atoms. The zero-order valence-electron chi connectivity index (χ0n) is 23.3. The molecule has 5 nitrogen and oxygen atoms in total. The van der Waals surface area contributed by atoms with Crippen molar-refractivity contribution in [3.8, 4) is 0 Å². The van der Waals surface area contributed by atoms with Crippen molar-refractivity contribution in [3.63, 3.8) is 0 Å². The van der Waals surface area contributed by atoms with Crippen molar-refractivity contribution < 1.29 is 19.7 Å². The zero-order valence-corrected chi connectivity index (χ0v) is 23.3. The summed E-state index contributed by atoms with van der Waals surface area (Å²) < 4.78 is 5.79. The van der Waals surface area contributed by atoms with E-state index in [0.717, 1.165) is 37.0 Å². The second-order valence-electron chi connectivity index (χ2n) is 10.1. The number of ether oxygens (including phenoxy) is 1. The van der Waals surface area contributed by atoms with Gasteiger partial charge in [-0.25, -0.2) is 0 Å². The molecule has 0 fully saturated rings. The molecule has 0 saturated heterocycles. The van der Waals surface area contributed by atoms with Crippen LogP contribution in [0.15, 0.2) is 0 Å². The lowest BCUT2D eigenvalue weighted by atomic mass is 10.1. The molecule has 1 amide bonds. The number of aliphatic hydroxyl groups is 2. The van der Waals surface area contributed by atoms with Crippen molar-refractivity contribution in [2.24, 2.45) is 0 Å². The highest BCUT2D eigenvalue weighted by Gasteiger charge is 2.39. The van der Waals surface area contributed by atoms with E-state index in [-0.39, 0.29) is 12.3 Å². The van der Waals surface area contributed by atoms with Crippen LogP contribution in [0.2, 0.25) is 0 Å². The van der Waals surface area contributed by atoms with E-state index >= 15 is 0 Å². The standard InChI is InChI=1S/C29H59NO4/c1-5-8-10-12-14-15-16-17-18-20-22-24-26-34-29(33,7-3)30(27(4)31)28(32)25-23-21-19-13-11-9-6-2/h27,31,33H,5-26H2,1-4H3. The van der Waals surface area contributed by atoms with Gasteiger partial charge in [0.15, 0.2) is 0 Å². The molecule has 0 aliphatic rings. The minimum Gasteiger partial charge on any atom is -0.374 e. The highest BCUT2D eigenvalue weighted by atomic mass is 16.7. The summed E-state index contributed by atoms with van der Waals surface area (Å²) in [4.78, 5) is 13.9. The number of unbranched alkanes of at least 4 members (excludes halogenated alkanes) is 17. The number of hydrogen-bond acceptors (Lipinski definition) is 4. The van der Waals surface area contributed by atoms with E-state index in [9.17, 15) is 15.0 Å². The smallest absolute Gasteiger partial charge is 0.253 e. The van der Waals surface area contributed by atoms with Gasteiger partial charge in [0, 0.05) is 12.8 Å². The molecule has 204 valence electrons. The highest BCUT2D eigenvalue weighted by molar-refractivity contribution is 5.76. The number of carbonyl (C=O) groups excluding carboxylic acids is 1. The molecule has 0 rings (SSSR count). The third-order valence-electron chi connectivity index (χ3n) is 6.80. The molecule has 0 radical (unpaired) electrons. The lowest BCUT2D eigenvalue weighted by Crippen LogP contribution is -2.57. The average molecular weight is 486 g/mol. The van der Waals surface area contributed by atoms with Crippen LogP contribution in [-0.4, -0.2) is 39.8 Å². The minimum absolute atomic E-state index is 0.234. The summed E-state index contributed by atoms with van der Waals surface area (Å²) >= 11 is 0. The quantitative estimate of drug-likeness (QED) is 0.101. The van der Waals surface area contributed by atoms with E-state index in [1.165, 1.54) is 96.8 Å². The van der Waals surface area contributed by atoms with Crippen molar-refractivity contribution >= 4 is 5.91 Å². The first-order valence-electron chi connectivity index (χ1n) is 14.8. The molecule has 0 aromatic rings. The predicted octanol–water partition coefficient (Wildman–Crippen LogP) is 8.07. The molecule has 2 unspecified atom stereocenters. The van der Waals surface area contributed by atoms with Crippen LogP contribution in [0.1, 0.15) is 163 Å². The molecule has 0 spiro atoms. The first kappa shape index (κ1) is 33.4. The molecular formula is C29H59NO4. The Kier molecular flexibility index (Phi) is 22.4. The fourth-order valence-corrected chi connectivity index (χ4v) is 4.57. The van der Waals surface area contributed by atoms with Gasteiger partial charge in [0.1, 0.15) is 6.23 Å². The lowest BCUT2D eigenvalue weighted by Gasteiger charge is -2.40. The molecule has 2 atom stereocenters. The molecule has 0 saturated carbocycles. The zero-order chi connectivity index (χ0) is 25.5. The average Bonchev–Trinajstić information content (AvgIpc) is 2.81. The third kappa shape index (κ3) is 16.9. The van der Waals surface area contributed by atoms with Gasteiger partial charge in [0.05, 0.1) is 6.61 Å². The molecule has 0 aromatic carbocycles. The normalized spacial score (nSPS) is 14.2. The predicted molar refractivity (Wildman–Crippen MR) is 143 cm³/mol. The summed E-state index contributed by atoms with van der Waals surface area (Å²) in [7, 11) is 0. The summed E-state index contributed by atoms with van der Waals surface area (Å²) in [5.41, 5.74) is 0. The molecule has 0 aliphatic carbocycles. The number of carbonyl (C=O) groups is 1. The Morgan fingerprint density at radius 2 is 1.09 bits per heavy atom. The fraction of sp³-hybridized carbons (Fsp3) is 0.966. The van der Waals surface area contributed by atoms with E-state index in [4.69, 9.17) is 4.74 Å². The molecule has 0 aliphatic heterocycles. The van der Waals surface area contributed by atoms with Gasteiger partial charge in [0.2, 0.25) is 5.91 Å². The van der Waals surface area contributed by atoms with Crippen molar-refractivity contribution in [3.05, 3.63) is 0 Å². The summed E-state index contributed by atoms with van der Waals surface area (Å²) in [5.74, 6) is -1.97. The Labute approximate surface area is 212 Å². The first-order chi connectivity index (χ1) is 16.4. The summed E-state index contributed by atoms with van der Waals surface area (Å²) in [6, 6.07) is 0. The third-order valence-corrected chi connectivity index (χ3v) is 6.80. The molecule has 0 heterocycles. The van der Waals surface area contributed by atoms with Crippen molar-refractivity contribution in [2.45, 2.75) is 175 Å². The van der Waals surface area contributed by atoms with Crippen LogP contribution in [-0.2, 0) is 9.53 Å². The van der Waals surface area contributed by atoms with E-state index in [1.807, 2.05) is 0 Å². The fourth-order valence-electron chi connectivity index (χ4n) is 4.57. The van der Waals surface area contributed by atoms with E-state index in [1.54, 1.807) is 6.92 Å². The summed E-state index contributed by atoms with van der Waals surface area (Å²) in [6.45, 7) is 8.18. The van der Waals surface area contributed by atoms with Crippen LogP contribution in [0, 0.1) is 0 Å². The molecular weight excluding hydrogens is 426 g/mol. The maximum Gasteiger partial charge on any atom is 0.253 e. The molecule has 0 aromatic heterocycles. The van der Waals surface area contributed by atoms with Gasteiger partial charge in [0.25, 0.3) is 5.91 Å². The number of hydrogen-bond donors (Lipinski definition) is 2. The van der Waals surface area contributed by atoms with Crippen molar-refractivity contribution in [1.82, 2.24) is 4.90 Å². The Morgan fingerprint density at radius 3 is 1.47 bits per heavy atom. The number of amides is 1. The maximum atomic E-state index is 12.8. The van der Waals surface area contributed by atoms with Crippen LogP contribution >= 0.6 is 0 Å². The van der Waals surface area contributed by atoms with E-state index < -0.39 is 12.1 Å². The Balaban J connectivity index is 4.10. The van der Waals surface area contributed by atoms with Gasteiger partial charge < -0.3 is 14.9 Å². The van der Waals surface area contributed by atoms with E-state index in [0.29, 0.717) is 13.0 Å². The van der Waals surface area contributed by atoms with Gasteiger partial charge in [-0.2, -0.15) is 0 Å². The summed E-state index contributed by atoms with van der Waals surface area (Å²) in [6.07, 6.45) is 22.6.